The summed E-state index contributed by atoms with van der Waals surface area (Å²) >= 11 is 5.59. The van der Waals surface area contributed by atoms with Crippen LogP contribution in [-0.2, 0) is 4.79 Å². The standard InChI is InChI=1S/C12H14ClFN2O3/c1-3-10(11(17)18)16(2)12(19)15-9-5-4-7(13)6-8(9)14/h4-6,10H,3H2,1-2H3,(H,15,19)(H,17,18). The Hall–Kier alpha value is -1.82. The Labute approximate surface area is 115 Å². The number of hydrogen-bond acceptors (Lipinski definition) is 2. The molecule has 5 nitrogen and oxygen atoms in total. The van der Waals surface area contributed by atoms with Crippen LogP contribution in [0.4, 0.5) is 14.9 Å². The fourth-order valence-electron chi connectivity index (χ4n) is 1.55. The van der Waals surface area contributed by atoms with Crippen molar-refractivity contribution in [1.29, 1.82) is 0 Å². The first kappa shape index (κ1) is 15.2. The first-order valence-corrected chi connectivity index (χ1v) is 5.96. The summed E-state index contributed by atoms with van der Waals surface area (Å²) in [6.07, 6.45) is 0.252. The van der Waals surface area contributed by atoms with Gasteiger partial charge in [0, 0.05) is 12.1 Å². The SMILES string of the molecule is CCC(C(=O)O)N(C)C(=O)Nc1ccc(Cl)cc1F. The van der Waals surface area contributed by atoms with E-state index in [4.69, 9.17) is 16.7 Å². The summed E-state index contributed by atoms with van der Waals surface area (Å²) in [6, 6.07) is 2.14. The van der Waals surface area contributed by atoms with Gasteiger partial charge in [-0.2, -0.15) is 0 Å². The van der Waals surface area contributed by atoms with Crippen LogP contribution < -0.4 is 5.32 Å². The van der Waals surface area contributed by atoms with Gasteiger partial charge in [0.25, 0.3) is 0 Å². The number of likely N-dealkylation sites (N-methyl/N-ethyl adjacent to an activating group) is 1. The molecule has 0 saturated carbocycles. The van der Waals surface area contributed by atoms with Crippen molar-refractivity contribution in [2.75, 3.05) is 12.4 Å². The minimum Gasteiger partial charge on any atom is -0.480 e. The highest BCUT2D eigenvalue weighted by Crippen LogP contribution is 2.19. The van der Waals surface area contributed by atoms with Crippen LogP contribution in [-0.4, -0.2) is 35.1 Å². The van der Waals surface area contributed by atoms with E-state index in [-0.39, 0.29) is 17.1 Å². The molecule has 0 heterocycles. The number of anilines is 1. The summed E-state index contributed by atoms with van der Waals surface area (Å²) in [4.78, 5) is 23.7. The summed E-state index contributed by atoms with van der Waals surface area (Å²) in [6.45, 7) is 1.64. The Balaban J connectivity index is 2.81. The number of hydrogen-bond donors (Lipinski definition) is 2. The molecule has 1 atom stereocenters. The van der Waals surface area contributed by atoms with Crippen LogP contribution in [0.15, 0.2) is 18.2 Å². The Kier molecular flexibility index (Phi) is 5.11. The molecular weight excluding hydrogens is 275 g/mol. The molecule has 2 N–H and O–H groups in total. The fourth-order valence-corrected chi connectivity index (χ4v) is 1.71. The van der Waals surface area contributed by atoms with Crippen molar-refractivity contribution >= 4 is 29.3 Å². The van der Waals surface area contributed by atoms with Gasteiger partial charge in [0.15, 0.2) is 0 Å². The monoisotopic (exact) mass is 288 g/mol. The number of carbonyl (C=O) groups excluding carboxylic acids is 1. The average molecular weight is 289 g/mol. The topological polar surface area (TPSA) is 69.6 Å². The van der Waals surface area contributed by atoms with Crippen molar-refractivity contribution in [3.05, 3.63) is 29.0 Å². The highest BCUT2D eigenvalue weighted by molar-refractivity contribution is 6.30. The molecule has 0 bridgehead atoms. The van der Waals surface area contributed by atoms with Crippen LogP contribution in [0.3, 0.4) is 0 Å². The zero-order chi connectivity index (χ0) is 14.6. The molecule has 0 spiro atoms. The number of nitrogens with zero attached hydrogens (tertiary/aromatic N) is 1. The minimum absolute atomic E-state index is 0.0542. The van der Waals surface area contributed by atoms with Crippen LogP contribution in [0, 0.1) is 5.82 Å². The molecule has 1 rings (SSSR count). The molecule has 0 aliphatic rings. The normalized spacial score (nSPS) is 11.8. The lowest BCUT2D eigenvalue weighted by Gasteiger charge is -2.24. The van der Waals surface area contributed by atoms with E-state index in [1.165, 1.54) is 19.2 Å². The molecule has 0 aliphatic carbocycles. The van der Waals surface area contributed by atoms with Crippen molar-refractivity contribution in [3.63, 3.8) is 0 Å². The fraction of sp³-hybridized carbons (Fsp3) is 0.333. The lowest BCUT2D eigenvalue weighted by atomic mass is 10.2. The molecule has 2 amide bonds. The molecule has 1 aromatic rings. The number of carboxylic acid groups (broad SMARTS) is 1. The average Bonchev–Trinajstić information content (AvgIpc) is 2.32. The Bertz CT molecular complexity index is 496. The number of rotatable bonds is 4. The minimum atomic E-state index is -1.11. The van der Waals surface area contributed by atoms with Gasteiger partial charge in [-0.05, 0) is 24.6 Å². The first-order chi connectivity index (χ1) is 8.86. The van der Waals surface area contributed by atoms with Crippen molar-refractivity contribution in [2.24, 2.45) is 0 Å². The van der Waals surface area contributed by atoms with Crippen molar-refractivity contribution < 1.29 is 19.1 Å². The molecule has 19 heavy (non-hydrogen) atoms. The molecule has 0 aromatic heterocycles. The third kappa shape index (κ3) is 3.82. The van der Waals surface area contributed by atoms with Crippen LogP contribution in [0.5, 0.6) is 0 Å². The molecule has 0 saturated heterocycles. The number of nitrogens with one attached hydrogen (secondary N) is 1. The summed E-state index contributed by atoms with van der Waals surface area (Å²) in [5.41, 5.74) is -0.0542. The molecule has 1 unspecified atom stereocenters. The highest BCUT2D eigenvalue weighted by atomic mass is 35.5. The van der Waals surface area contributed by atoms with E-state index in [1.54, 1.807) is 6.92 Å². The van der Waals surface area contributed by atoms with E-state index in [9.17, 15) is 14.0 Å². The molecule has 7 heteroatoms. The summed E-state index contributed by atoms with van der Waals surface area (Å²) < 4.78 is 13.5. The van der Waals surface area contributed by atoms with Gasteiger partial charge < -0.3 is 15.3 Å². The van der Waals surface area contributed by atoms with Crippen molar-refractivity contribution in [3.8, 4) is 0 Å². The number of halogens is 2. The molecule has 104 valence electrons. The molecular formula is C12H14ClFN2O3. The maximum Gasteiger partial charge on any atom is 0.326 e. The van der Waals surface area contributed by atoms with E-state index in [0.29, 0.717) is 0 Å². The van der Waals surface area contributed by atoms with E-state index in [2.05, 4.69) is 5.32 Å². The van der Waals surface area contributed by atoms with E-state index >= 15 is 0 Å². The smallest absolute Gasteiger partial charge is 0.326 e. The van der Waals surface area contributed by atoms with E-state index < -0.39 is 23.9 Å². The number of amides is 2. The lowest BCUT2D eigenvalue weighted by Crippen LogP contribution is -2.44. The zero-order valence-corrected chi connectivity index (χ0v) is 11.2. The van der Waals surface area contributed by atoms with Gasteiger partial charge >= 0.3 is 12.0 Å². The summed E-state index contributed by atoms with van der Waals surface area (Å²) in [5, 5.41) is 11.4. The predicted octanol–water partition coefficient (Wildman–Crippen LogP) is 2.81. The van der Waals surface area contributed by atoms with Crippen LogP contribution in [0.2, 0.25) is 5.02 Å². The quantitative estimate of drug-likeness (QED) is 0.895. The zero-order valence-electron chi connectivity index (χ0n) is 10.5. The Morgan fingerprint density at radius 1 is 1.53 bits per heavy atom. The second-order valence-corrected chi connectivity index (χ2v) is 4.36. The number of carboxylic acids is 1. The van der Waals surface area contributed by atoms with E-state index in [1.807, 2.05) is 0 Å². The van der Waals surface area contributed by atoms with Gasteiger partial charge in [-0.3, -0.25) is 0 Å². The third-order valence-electron chi connectivity index (χ3n) is 2.63. The number of carbonyl (C=O) groups is 2. The van der Waals surface area contributed by atoms with Gasteiger partial charge in [0.1, 0.15) is 11.9 Å². The van der Waals surface area contributed by atoms with Gasteiger partial charge in [-0.1, -0.05) is 18.5 Å². The molecule has 0 aliphatic heterocycles. The van der Waals surface area contributed by atoms with Gasteiger partial charge in [0.05, 0.1) is 5.69 Å². The van der Waals surface area contributed by atoms with Gasteiger partial charge in [0.2, 0.25) is 0 Å². The highest BCUT2D eigenvalue weighted by Gasteiger charge is 2.25. The molecule has 0 radical (unpaired) electrons. The summed E-state index contributed by atoms with van der Waals surface area (Å²) in [5.74, 6) is -1.80. The number of aliphatic carboxylic acids is 1. The van der Waals surface area contributed by atoms with Gasteiger partial charge in [-0.15, -0.1) is 0 Å². The number of benzene rings is 1. The second kappa shape index (κ2) is 6.38. The maximum atomic E-state index is 13.5. The third-order valence-corrected chi connectivity index (χ3v) is 2.87. The Morgan fingerprint density at radius 2 is 2.16 bits per heavy atom. The van der Waals surface area contributed by atoms with Crippen molar-refractivity contribution in [1.82, 2.24) is 4.90 Å². The van der Waals surface area contributed by atoms with Crippen molar-refractivity contribution in [2.45, 2.75) is 19.4 Å². The Morgan fingerprint density at radius 3 is 2.63 bits per heavy atom. The van der Waals surface area contributed by atoms with Gasteiger partial charge in [-0.25, -0.2) is 14.0 Å². The maximum absolute atomic E-state index is 13.5. The van der Waals surface area contributed by atoms with Crippen LogP contribution >= 0.6 is 11.6 Å². The largest absolute Gasteiger partial charge is 0.480 e. The summed E-state index contributed by atoms with van der Waals surface area (Å²) in [7, 11) is 1.34. The number of urea groups is 1. The lowest BCUT2D eigenvalue weighted by molar-refractivity contribution is -0.141. The molecule has 0 fully saturated rings. The molecule has 1 aromatic carbocycles. The second-order valence-electron chi connectivity index (χ2n) is 3.93. The first-order valence-electron chi connectivity index (χ1n) is 5.58. The van der Waals surface area contributed by atoms with Crippen LogP contribution in [0.25, 0.3) is 0 Å². The van der Waals surface area contributed by atoms with E-state index in [0.717, 1.165) is 11.0 Å². The van der Waals surface area contributed by atoms with Crippen LogP contribution in [0.1, 0.15) is 13.3 Å². The predicted molar refractivity (Wildman–Crippen MR) is 69.9 cm³/mol.